The van der Waals surface area contributed by atoms with Crippen molar-refractivity contribution in [2.45, 2.75) is 6.42 Å². The average molecular weight is 272 g/mol. The van der Waals surface area contributed by atoms with Gasteiger partial charge < -0.3 is 4.42 Å². The van der Waals surface area contributed by atoms with Gasteiger partial charge in [-0.15, -0.1) is 0 Å². The lowest BCUT2D eigenvalue weighted by Crippen LogP contribution is -2.03. The van der Waals surface area contributed by atoms with Gasteiger partial charge in [0.25, 0.3) is 0 Å². The molecular weight excluding hydrogens is 262 g/mol. The van der Waals surface area contributed by atoms with Gasteiger partial charge in [-0.2, -0.15) is 0 Å². The topological polar surface area (TPSA) is 30.2 Å². The maximum Gasteiger partial charge on any atom is 0.202 e. The van der Waals surface area contributed by atoms with Gasteiger partial charge in [0.1, 0.15) is 17.2 Å². The number of hydrogen-bond donors (Lipinski definition) is 0. The van der Waals surface area contributed by atoms with E-state index in [4.69, 9.17) is 4.42 Å². The molecule has 0 aliphatic rings. The zero-order valence-electron chi connectivity index (χ0n) is 10.4. The molecule has 3 rings (SSSR count). The second-order valence-electron chi connectivity index (χ2n) is 4.48. The van der Waals surface area contributed by atoms with Crippen LogP contribution in [0.5, 0.6) is 0 Å². The molecule has 2 nitrogen and oxygen atoms in total. The molecule has 0 unspecified atom stereocenters. The van der Waals surface area contributed by atoms with E-state index in [1.54, 1.807) is 18.2 Å². The van der Waals surface area contributed by atoms with Gasteiger partial charge in [-0.1, -0.05) is 18.2 Å². The van der Waals surface area contributed by atoms with Crippen molar-refractivity contribution in [3.8, 4) is 0 Å². The molecule has 0 fully saturated rings. The summed E-state index contributed by atoms with van der Waals surface area (Å²) in [6.45, 7) is 0. The lowest BCUT2D eigenvalue weighted by molar-refractivity contribution is 0.0967. The van der Waals surface area contributed by atoms with Gasteiger partial charge in [0.15, 0.2) is 5.76 Å². The molecule has 0 saturated heterocycles. The van der Waals surface area contributed by atoms with Crippen LogP contribution in [-0.2, 0) is 6.42 Å². The number of hydrogen-bond acceptors (Lipinski definition) is 2. The molecule has 3 aromatic rings. The Bertz CT molecular complexity index is 790. The van der Waals surface area contributed by atoms with Gasteiger partial charge in [-0.25, -0.2) is 8.78 Å². The van der Waals surface area contributed by atoms with Crippen LogP contribution in [0.1, 0.15) is 16.1 Å². The Balaban J connectivity index is 1.91. The summed E-state index contributed by atoms with van der Waals surface area (Å²) in [5.74, 6) is -1.06. The lowest BCUT2D eigenvalue weighted by atomic mass is 10.1. The number of carbonyl (C=O) groups is 1. The number of ketones is 1. The van der Waals surface area contributed by atoms with E-state index in [-0.39, 0.29) is 18.0 Å². The van der Waals surface area contributed by atoms with Crippen molar-refractivity contribution in [3.05, 3.63) is 71.5 Å². The molecule has 0 atom stereocenters. The maximum absolute atomic E-state index is 13.5. The van der Waals surface area contributed by atoms with E-state index < -0.39 is 11.6 Å². The van der Waals surface area contributed by atoms with Crippen LogP contribution in [0.15, 0.2) is 52.9 Å². The van der Waals surface area contributed by atoms with Crippen molar-refractivity contribution >= 4 is 16.8 Å². The van der Waals surface area contributed by atoms with Crippen LogP contribution in [0.4, 0.5) is 8.78 Å². The number of benzene rings is 2. The molecule has 1 heterocycles. The highest BCUT2D eigenvalue weighted by Gasteiger charge is 2.15. The van der Waals surface area contributed by atoms with Crippen molar-refractivity contribution < 1.29 is 18.0 Å². The monoisotopic (exact) mass is 272 g/mol. The molecule has 0 spiro atoms. The van der Waals surface area contributed by atoms with Crippen LogP contribution in [0.3, 0.4) is 0 Å². The molecule has 2 aromatic carbocycles. The molecule has 0 N–H and O–H groups in total. The number of halogens is 2. The Morgan fingerprint density at radius 2 is 1.85 bits per heavy atom. The number of Topliss-reactive ketones (excluding diaryl/α,β-unsaturated/α-hetero) is 1. The molecule has 0 radical (unpaired) electrons. The summed E-state index contributed by atoms with van der Waals surface area (Å²) in [7, 11) is 0. The van der Waals surface area contributed by atoms with E-state index >= 15 is 0 Å². The minimum Gasteiger partial charge on any atom is -0.453 e. The molecule has 100 valence electrons. The van der Waals surface area contributed by atoms with Crippen LogP contribution in [0, 0.1) is 11.6 Å². The van der Waals surface area contributed by atoms with Gasteiger partial charge in [-0.05, 0) is 35.9 Å². The third kappa shape index (κ3) is 2.32. The molecule has 4 heteroatoms. The van der Waals surface area contributed by atoms with E-state index in [9.17, 15) is 13.6 Å². The third-order valence-corrected chi connectivity index (χ3v) is 3.06. The van der Waals surface area contributed by atoms with Crippen LogP contribution < -0.4 is 0 Å². The second kappa shape index (κ2) is 4.89. The second-order valence-corrected chi connectivity index (χ2v) is 4.48. The summed E-state index contributed by atoms with van der Waals surface area (Å²) in [5, 5.41) is 0.516. The molecular formula is C16H10F2O2. The highest BCUT2D eigenvalue weighted by atomic mass is 19.1. The van der Waals surface area contributed by atoms with E-state index in [0.29, 0.717) is 16.5 Å². The SMILES string of the molecule is O=C(Cc1ccccc1F)c1cc2cc(F)ccc2o1. The Morgan fingerprint density at radius 1 is 1.05 bits per heavy atom. The van der Waals surface area contributed by atoms with Crippen LogP contribution in [-0.4, -0.2) is 5.78 Å². The summed E-state index contributed by atoms with van der Waals surface area (Å²) in [6.07, 6.45) is -0.0883. The average Bonchev–Trinajstić information content (AvgIpc) is 2.84. The standard InChI is InChI=1S/C16H10F2O2/c17-12-5-6-15-11(7-12)9-16(20-15)14(19)8-10-3-1-2-4-13(10)18/h1-7,9H,8H2. The highest BCUT2D eigenvalue weighted by Crippen LogP contribution is 2.22. The number of carbonyl (C=O) groups excluding carboxylic acids is 1. The largest absolute Gasteiger partial charge is 0.453 e. The summed E-state index contributed by atoms with van der Waals surface area (Å²) < 4.78 is 31.9. The van der Waals surface area contributed by atoms with Gasteiger partial charge in [-0.3, -0.25) is 4.79 Å². The number of rotatable bonds is 3. The molecule has 0 bridgehead atoms. The van der Waals surface area contributed by atoms with Gasteiger partial charge in [0.2, 0.25) is 5.78 Å². The predicted octanol–water partition coefficient (Wildman–Crippen LogP) is 4.14. The van der Waals surface area contributed by atoms with Crippen LogP contribution in [0.2, 0.25) is 0 Å². The van der Waals surface area contributed by atoms with E-state index in [2.05, 4.69) is 0 Å². The van der Waals surface area contributed by atoms with Crippen molar-refractivity contribution in [1.82, 2.24) is 0 Å². The molecule has 0 aliphatic carbocycles. The van der Waals surface area contributed by atoms with Crippen molar-refractivity contribution in [3.63, 3.8) is 0 Å². The van der Waals surface area contributed by atoms with Crippen LogP contribution >= 0.6 is 0 Å². The molecule has 0 aliphatic heterocycles. The normalized spacial score (nSPS) is 10.9. The first-order valence-electron chi connectivity index (χ1n) is 6.09. The van der Waals surface area contributed by atoms with Crippen LogP contribution in [0.25, 0.3) is 11.0 Å². The fraction of sp³-hybridized carbons (Fsp3) is 0.0625. The Morgan fingerprint density at radius 3 is 2.65 bits per heavy atom. The van der Waals surface area contributed by atoms with Crippen molar-refractivity contribution in [2.24, 2.45) is 0 Å². The quantitative estimate of drug-likeness (QED) is 0.671. The molecule has 1 aromatic heterocycles. The summed E-state index contributed by atoms with van der Waals surface area (Å²) in [4.78, 5) is 12.1. The maximum atomic E-state index is 13.5. The highest BCUT2D eigenvalue weighted by molar-refractivity contribution is 5.98. The number of fused-ring (bicyclic) bond motifs is 1. The lowest BCUT2D eigenvalue weighted by Gasteiger charge is -2.00. The smallest absolute Gasteiger partial charge is 0.202 e. The summed E-state index contributed by atoms with van der Waals surface area (Å²) in [6, 6.07) is 11.6. The first kappa shape index (κ1) is 12.5. The first-order valence-corrected chi connectivity index (χ1v) is 6.09. The predicted molar refractivity (Wildman–Crippen MR) is 70.6 cm³/mol. The summed E-state index contributed by atoms with van der Waals surface area (Å²) in [5.41, 5.74) is 0.743. The first-order chi connectivity index (χ1) is 9.63. The van der Waals surface area contributed by atoms with E-state index in [1.165, 1.54) is 30.3 Å². The third-order valence-electron chi connectivity index (χ3n) is 3.06. The zero-order valence-corrected chi connectivity index (χ0v) is 10.4. The number of furan rings is 1. The minimum atomic E-state index is -0.428. The summed E-state index contributed by atoms with van der Waals surface area (Å²) >= 11 is 0. The van der Waals surface area contributed by atoms with E-state index in [1.807, 2.05) is 0 Å². The Kier molecular flexibility index (Phi) is 3.06. The Labute approximate surface area is 113 Å². The molecule has 0 saturated carbocycles. The Hall–Kier alpha value is -2.49. The zero-order chi connectivity index (χ0) is 14.1. The minimum absolute atomic E-state index is 0.0883. The fourth-order valence-electron chi connectivity index (χ4n) is 2.05. The fourth-order valence-corrected chi connectivity index (χ4v) is 2.05. The molecule has 20 heavy (non-hydrogen) atoms. The van der Waals surface area contributed by atoms with Gasteiger partial charge >= 0.3 is 0 Å². The molecule has 0 amide bonds. The van der Waals surface area contributed by atoms with Crippen molar-refractivity contribution in [2.75, 3.05) is 0 Å². The van der Waals surface area contributed by atoms with Gasteiger partial charge in [0, 0.05) is 11.8 Å². The van der Waals surface area contributed by atoms with E-state index in [0.717, 1.165) is 0 Å². The van der Waals surface area contributed by atoms with Gasteiger partial charge in [0.05, 0.1) is 0 Å². The van der Waals surface area contributed by atoms with Crippen molar-refractivity contribution in [1.29, 1.82) is 0 Å².